The lowest BCUT2D eigenvalue weighted by Gasteiger charge is -2.39. The molecule has 3 N–H and O–H groups in total. The quantitative estimate of drug-likeness (QED) is 0.506. The molecule has 1 amide bonds. The van der Waals surface area contributed by atoms with E-state index in [0.717, 1.165) is 25.3 Å². The van der Waals surface area contributed by atoms with Gasteiger partial charge < -0.3 is 0 Å². The van der Waals surface area contributed by atoms with E-state index >= 15 is 0 Å². The number of hydrogen-bond donors (Lipinski definition) is 2. The summed E-state index contributed by atoms with van der Waals surface area (Å²) in [6.07, 6.45) is 8.30. The minimum atomic E-state index is -0.333. The first-order valence-corrected chi connectivity index (χ1v) is 7.90. The minimum absolute atomic E-state index is 0.333. The fourth-order valence-corrected chi connectivity index (χ4v) is 3.81. The number of hydrazine groups is 1. The molecule has 0 aromatic carbocycles. The Morgan fingerprint density at radius 3 is 2.62 bits per heavy atom. The summed E-state index contributed by atoms with van der Waals surface area (Å²) in [6.45, 7) is 3.12. The Kier molecular flexibility index (Phi) is 4.22. The van der Waals surface area contributed by atoms with Crippen LogP contribution < -0.4 is 11.3 Å². The van der Waals surface area contributed by atoms with Crippen LogP contribution >= 0.6 is 0 Å². The van der Waals surface area contributed by atoms with Crippen molar-refractivity contribution in [2.45, 2.75) is 45.1 Å². The van der Waals surface area contributed by atoms with Crippen LogP contribution in [0.2, 0.25) is 0 Å². The van der Waals surface area contributed by atoms with Crippen LogP contribution in [-0.2, 0) is 6.54 Å². The number of carbonyl (C=O) groups excluding carboxylic acids is 1. The smallest absolute Gasteiger partial charge is 0.283 e. The van der Waals surface area contributed by atoms with Gasteiger partial charge in [-0.2, -0.15) is 0 Å². The Morgan fingerprint density at radius 1 is 1.24 bits per heavy atom. The largest absolute Gasteiger partial charge is 0.297 e. The van der Waals surface area contributed by atoms with Crippen LogP contribution in [0, 0.1) is 5.41 Å². The van der Waals surface area contributed by atoms with Crippen LogP contribution in [-0.4, -0.2) is 28.9 Å². The van der Waals surface area contributed by atoms with Gasteiger partial charge >= 0.3 is 0 Å². The molecule has 1 aromatic heterocycles. The van der Waals surface area contributed by atoms with Crippen molar-refractivity contribution < 1.29 is 4.79 Å². The van der Waals surface area contributed by atoms with E-state index in [9.17, 15) is 4.79 Å². The molecule has 21 heavy (non-hydrogen) atoms. The molecule has 5 nitrogen and oxygen atoms in total. The summed E-state index contributed by atoms with van der Waals surface area (Å²) < 4.78 is 0. The molecule has 0 unspecified atom stereocenters. The van der Waals surface area contributed by atoms with Crippen molar-refractivity contribution in [2.75, 3.05) is 13.1 Å². The highest BCUT2D eigenvalue weighted by atomic mass is 16.2. The van der Waals surface area contributed by atoms with Crippen LogP contribution in [0.3, 0.4) is 0 Å². The molecule has 1 saturated heterocycles. The number of likely N-dealkylation sites (tertiary alicyclic amines) is 1. The summed E-state index contributed by atoms with van der Waals surface area (Å²) in [5.41, 5.74) is 4.11. The molecule has 2 fully saturated rings. The SMILES string of the molecule is NNC(=O)c1cccc(CN2CCC3(CCCC3)CC2)n1. The third-order valence-corrected chi connectivity index (χ3v) is 5.14. The number of rotatable bonds is 3. The van der Waals surface area contributed by atoms with Crippen LogP contribution in [0.15, 0.2) is 18.2 Å². The van der Waals surface area contributed by atoms with E-state index in [4.69, 9.17) is 5.84 Å². The maximum atomic E-state index is 11.5. The molecule has 1 saturated carbocycles. The average molecular weight is 288 g/mol. The highest BCUT2D eigenvalue weighted by molar-refractivity contribution is 5.91. The molecule has 1 aromatic rings. The zero-order chi connectivity index (χ0) is 14.7. The van der Waals surface area contributed by atoms with Gasteiger partial charge in [0.25, 0.3) is 5.91 Å². The highest BCUT2D eigenvalue weighted by Crippen LogP contribution is 2.46. The van der Waals surface area contributed by atoms with Crippen molar-refractivity contribution in [3.63, 3.8) is 0 Å². The second-order valence-corrected chi connectivity index (χ2v) is 6.47. The second-order valence-electron chi connectivity index (χ2n) is 6.47. The van der Waals surface area contributed by atoms with Crippen LogP contribution in [0.25, 0.3) is 0 Å². The monoisotopic (exact) mass is 288 g/mol. The molecule has 0 radical (unpaired) electrons. The minimum Gasteiger partial charge on any atom is -0.297 e. The summed E-state index contributed by atoms with van der Waals surface area (Å²) in [5, 5.41) is 0. The fourth-order valence-electron chi connectivity index (χ4n) is 3.81. The average Bonchev–Trinajstić information content (AvgIpc) is 2.98. The van der Waals surface area contributed by atoms with Gasteiger partial charge in [-0.3, -0.25) is 15.1 Å². The lowest BCUT2D eigenvalue weighted by atomic mass is 9.77. The lowest BCUT2D eigenvalue weighted by molar-refractivity contribution is 0.0945. The van der Waals surface area contributed by atoms with Crippen LogP contribution in [0.5, 0.6) is 0 Å². The number of piperidine rings is 1. The first-order chi connectivity index (χ1) is 10.2. The van der Waals surface area contributed by atoms with E-state index in [0.29, 0.717) is 11.1 Å². The van der Waals surface area contributed by atoms with Gasteiger partial charge in [0.2, 0.25) is 0 Å². The van der Waals surface area contributed by atoms with Gasteiger partial charge in [-0.1, -0.05) is 18.9 Å². The van der Waals surface area contributed by atoms with E-state index in [1.54, 1.807) is 6.07 Å². The molecule has 5 heteroatoms. The highest BCUT2D eigenvalue weighted by Gasteiger charge is 2.36. The number of amides is 1. The Hall–Kier alpha value is -1.46. The summed E-state index contributed by atoms with van der Waals surface area (Å²) in [4.78, 5) is 18.4. The number of aromatic nitrogens is 1. The first-order valence-electron chi connectivity index (χ1n) is 7.90. The third-order valence-electron chi connectivity index (χ3n) is 5.14. The molecule has 1 aliphatic carbocycles. The van der Waals surface area contributed by atoms with Gasteiger partial charge in [0.05, 0.1) is 5.69 Å². The van der Waals surface area contributed by atoms with E-state index in [-0.39, 0.29) is 5.91 Å². The summed E-state index contributed by atoms with van der Waals surface area (Å²) in [6, 6.07) is 5.54. The van der Waals surface area contributed by atoms with Crippen molar-refractivity contribution in [1.29, 1.82) is 0 Å². The third kappa shape index (κ3) is 3.24. The van der Waals surface area contributed by atoms with Crippen molar-refractivity contribution in [1.82, 2.24) is 15.3 Å². The molecule has 0 atom stereocenters. The van der Waals surface area contributed by atoms with E-state index in [1.807, 2.05) is 12.1 Å². The number of nitrogens with one attached hydrogen (secondary N) is 1. The summed E-state index contributed by atoms with van der Waals surface area (Å²) in [7, 11) is 0. The maximum Gasteiger partial charge on any atom is 0.283 e. The van der Waals surface area contributed by atoms with Crippen molar-refractivity contribution in [2.24, 2.45) is 11.3 Å². The van der Waals surface area contributed by atoms with Gasteiger partial charge in [-0.15, -0.1) is 0 Å². The molecule has 114 valence electrons. The van der Waals surface area contributed by atoms with Crippen molar-refractivity contribution in [3.05, 3.63) is 29.6 Å². The van der Waals surface area contributed by atoms with Crippen molar-refractivity contribution >= 4 is 5.91 Å². The molecule has 0 bridgehead atoms. The van der Waals surface area contributed by atoms with Crippen LogP contribution in [0.1, 0.15) is 54.7 Å². The number of nitrogens with two attached hydrogens (primary N) is 1. The van der Waals surface area contributed by atoms with Crippen LogP contribution in [0.4, 0.5) is 0 Å². The maximum absolute atomic E-state index is 11.5. The zero-order valence-corrected chi connectivity index (χ0v) is 12.5. The second kappa shape index (κ2) is 6.12. The lowest BCUT2D eigenvalue weighted by Crippen LogP contribution is -2.38. The molecule has 3 rings (SSSR count). The molecule has 1 spiro atoms. The van der Waals surface area contributed by atoms with Gasteiger partial charge in [0.1, 0.15) is 5.69 Å². The number of hydrogen-bond acceptors (Lipinski definition) is 4. The van der Waals surface area contributed by atoms with E-state index in [1.165, 1.54) is 38.5 Å². The predicted octanol–water partition coefficient (Wildman–Crippen LogP) is 1.84. The summed E-state index contributed by atoms with van der Waals surface area (Å²) in [5.74, 6) is 4.82. The van der Waals surface area contributed by atoms with Gasteiger partial charge in [-0.05, 0) is 56.3 Å². The molecule has 1 aliphatic heterocycles. The van der Waals surface area contributed by atoms with Gasteiger partial charge in [-0.25, -0.2) is 10.8 Å². The van der Waals surface area contributed by atoms with Gasteiger partial charge in [0, 0.05) is 6.54 Å². The number of nitrogens with zero attached hydrogens (tertiary/aromatic N) is 2. The predicted molar refractivity (Wildman–Crippen MR) is 81.3 cm³/mol. The normalized spacial score (nSPS) is 21.6. The Labute approximate surface area is 125 Å². The van der Waals surface area contributed by atoms with Crippen molar-refractivity contribution in [3.8, 4) is 0 Å². The van der Waals surface area contributed by atoms with E-state index in [2.05, 4.69) is 15.3 Å². The topological polar surface area (TPSA) is 71.2 Å². The molecule has 2 heterocycles. The standard InChI is InChI=1S/C16H24N4O/c17-19-15(21)14-5-3-4-13(18-14)12-20-10-8-16(9-11-20)6-1-2-7-16/h3-5H,1-2,6-12,17H2,(H,19,21). The van der Waals surface area contributed by atoms with E-state index < -0.39 is 0 Å². The number of carbonyl (C=O) groups is 1. The molecular formula is C16H24N4O. The number of pyridine rings is 1. The Balaban J connectivity index is 1.59. The van der Waals surface area contributed by atoms with Gasteiger partial charge in [0.15, 0.2) is 0 Å². The molecule has 2 aliphatic rings. The fraction of sp³-hybridized carbons (Fsp3) is 0.625. The Morgan fingerprint density at radius 2 is 1.95 bits per heavy atom. The zero-order valence-electron chi connectivity index (χ0n) is 12.5. The molecular weight excluding hydrogens is 264 g/mol. The number of nitrogen functional groups attached to an aromatic ring is 1. The summed E-state index contributed by atoms with van der Waals surface area (Å²) >= 11 is 0. The first kappa shape index (κ1) is 14.5. The Bertz CT molecular complexity index is 501.